The Morgan fingerprint density at radius 3 is 2.80 bits per heavy atom. The minimum Gasteiger partial charge on any atom is -0.314 e. The molecule has 20 heavy (non-hydrogen) atoms. The first-order chi connectivity index (χ1) is 9.70. The van der Waals surface area contributed by atoms with Crippen LogP contribution in [0.3, 0.4) is 0 Å². The molecule has 2 nitrogen and oxygen atoms in total. The minimum absolute atomic E-state index is 0.770. The van der Waals surface area contributed by atoms with Gasteiger partial charge in [-0.1, -0.05) is 37.6 Å². The first kappa shape index (κ1) is 15.5. The summed E-state index contributed by atoms with van der Waals surface area (Å²) in [5.74, 6) is 0.884. The fourth-order valence-electron chi connectivity index (χ4n) is 3.46. The molecule has 2 atom stereocenters. The lowest BCUT2D eigenvalue weighted by Gasteiger charge is -2.24. The van der Waals surface area contributed by atoms with Crippen LogP contribution in [0.1, 0.15) is 43.7 Å². The van der Waals surface area contributed by atoms with E-state index in [0.29, 0.717) is 0 Å². The molecule has 0 aliphatic heterocycles. The molecule has 1 fully saturated rings. The van der Waals surface area contributed by atoms with E-state index >= 15 is 0 Å². The highest BCUT2D eigenvalue weighted by molar-refractivity contribution is 5.25. The Morgan fingerprint density at radius 1 is 1.25 bits per heavy atom. The summed E-state index contributed by atoms with van der Waals surface area (Å²) < 4.78 is 0. The lowest BCUT2D eigenvalue weighted by Crippen LogP contribution is -2.34. The number of nitrogens with zero attached hydrogens (tertiary/aromatic N) is 1. The quantitative estimate of drug-likeness (QED) is 0.817. The van der Waals surface area contributed by atoms with Gasteiger partial charge in [-0.05, 0) is 63.4 Å². The van der Waals surface area contributed by atoms with Gasteiger partial charge in [0.2, 0.25) is 0 Å². The average Bonchev–Trinajstić information content (AvgIpc) is 2.87. The maximum absolute atomic E-state index is 3.66. The van der Waals surface area contributed by atoms with Gasteiger partial charge in [-0.2, -0.15) is 0 Å². The van der Waals surface area contributed by atoms with Crippen LogP contribution in [-0.4, -0.2) is 31.1 Å². The maximum Gasteiger partial charge on any atom is 0.0233 e. The number of hydrogen-bond donors (Lipinski definition) is 1. The summed E-state index contributed by atoms with van der Waals surface area (Å²) in [6.45, 7) is 7.83. The van der Waals surface area contributed by atoms with E-state index < -0.39 is 0 Å². The van der Waals surface area contributed by atoms with Gasteiger partial charge in [0.05, 0.1) is 0 Å². The SMILES string of the molecule is CCNC1CCCC1CCN(C)Cc1ccccc1C. The van der Waals surface area contributed by atoms with Crippen molar-refractivity contribution in [2.75, 3.05) is 20.1 Å². The van der Waals surface area contributed by atoms with Crippen LogP contribution in [0.5, 0.6) is 0 Å². The van der Waals surface area contributed by atoms with Gasteiger partial charge in [-0.15, -0.1) is 0 Å². The first-order valence-electron chi connectivity index (χ1n) is 8.17. The van der Waals surface area contributed by atoms with Crippen molar-refractivity contribution in [2.45, 2.75) is 52.1 Å². The Kier molecular flexibility index (Phi) is 6.06. The summed E-state index contributed by atoms with van der Waals surface area (Å²) in [7, 11) is 2.25. The van der Waals surface area contributed by atoms with Crippen LogP contribution >= 0.6 is 0 Å². The maximum atomic E-state index is 3.66. The molecule has 0 bridgehead atoms. The van der Waals surface area contributed by atoms with Gasteiger partial charge in [-0.25, -0.2) is 0 Å². The fraction of sp³-hybridized carbons (Fsp3) is 0.667. The van der Waals surface area contributed by atoms with E-state index in [2.05, 4.69) is 55.4 Å². The highest BCUT2D eigenvalue weighted by atomic mass is 15.1. The largest absolute Gasteiger partial charge is 0.314 e. The van der Waals surface area contributed by atoms with Crippen molar-refractivity contribution < 1.29 is 0 Å². The van der Waals surface area contributed by atoms with Gasteiger partial charge < -0.3 is 10.2 Å². The number of benzene rings is 1. The van der Waals surface area contributed by atoms with Gasteiger partial charge in [0.15, 0.2) is 0 Å². The zero-order valence-corrected chi connectivity index (χ0v) is 13.4. The Hall–Kier alpha value is -0.860. The molecule has 0 radical (unpaired) electrons. The highest BCUT2D eigenvalue weighted by Crippen LogP contribution is 2.28. The summed E-state index contributed by atoms with van der Waals surface area (Å²) in [5, 5.41) is 3.66. The van der Waals surface area contributed by atoms with Gasteiger partial charge in [-0.3, -0.25) is 0 Å². The summed E-state index contributed by atoms with van der Waals surface area (Å²) >= 11 is 0. The zero-order valence-electron chi connectivity index (χ0n) is 13.4. The topological polar surface area (TPSA) is 15.3 Å². The molecular weight excluding hydrogens is 244 g/mol. The molecule has 2 rings (SSSR count). The second-order valence-corrected chi connectivity index (χ2v) is 6.31. The van der Waals surface area contributed by atoms with E-state index in [1.54, 1.807) is 0 Å². The normalized spacial score (nSPS) is 22.6. The summed E-state index contributed by atoms with van der Waals surface area (Å²) in [5.41, 5.74) is 2.87. The van der Waals surface area contributed by atoms with Crippen molar-refractivity contribution in [1.82, 2.24) is 10.2 Å². The van der Waals surface area contributed by atoms with Gasteiger partial charge in [0.25, 0.3) is 0 Å². The van der Waals surface area contributed by atoms with Crippen LogP contribution in [-0.2, 0) is 6.54 Å². The molecule has 0 spiro atoms. The number of hydrogen-bond acceptors (Lipinski definition) is 2. The van der Waals surface area contributed by atoms with E-state index in [9.17, 15) is 0 Å². The molecule has 1 saturated carbocycles. The number of rotatable bonds is 7. The van der Waals surface area contributed by atoms with E-state index in [0.717, 1.165) is 25.0 Å². The van der Waals surface area contributed by atoms with Crippen molar-refractivity contribution in [3.8, 4) is 0 Å². The average molecular weight is 274 g/mol. The molecule has 0 heterocycles. The molecule has 2 unspecified atom stereocenters. The molecule has 0 amide bonds. The van der Waals surface area contributed by atoms with Gasteiger partial charge in [0.1, 0.15) is 0 Å². The van der Waals surface area contributed by atoms with E-state index in [1.807, 2.05) is 0 Å². The third-order valence-corrected chi connectivity index (χ3v) is 4.71. The minimum atomic E-state index is 0.770. The molecule has 112 valence electrons. The van der Waals surface area contributed by atoms with Crippen LogP contribution in [0.15, 0.2) is 24.3 Å². The molecule has 1 N–H and O–H groups in total. The van der Waals surface area contributed by atoms with Crippen LogP contribution in [0.4, 0.5) is 0 Å². The zero-order chi connectivity index (χ0) is 14.4. The van der Waals surface area contributed by atoms with Crippen LogP contribution < -0.4 is 5.32 Å². The van der Waals surface area contributed by atoms with E-state index in [1.165, 1.54) is 43.4 Å². The fourth-order valence-corrected chi connectivity index (χ4v) is 3.46. The molecular formula is C18H30N2. The van der Waals surface area contributed by atoms with Gasteiger partial charge >= 0.3 is 0 Å². The van der Waals surface area contributed by atoms with Crippen LogP contribution in [0.2, 0.25) is 0 Å². The highest BCUT2D eigenvalue weighted by Gasteiger charge is 2.26. The predicted molar refractivity (Wildman–Crippen MR) is 86.9 cm³/mol. The van der Waals surface area contributed by atoms with Crippen LogP contribution in [0, 0.1) is 12.8 Å². The molecule has 1 aromatic carbocycles. The third-order valence-electron chi connectivity index (χ3n) is 4.71. The Bertz CT molecular complexity index is 402. The Morgan fingerprint density at radius 2 is 2.05 bits per heavy atom. The van der Waals surface area contributed by atoms with Crippen molar-refractivity contribution in [2.24, 2.45) is 5.92 Å². The molecule has 0 saturated heterocycles. The standard InChI is InChI=1S/C18H30N2/c1-4-19-18-11-7-10-16(18)12-13-20(3)14-17-9-6-5-8-15(17)2/h5-6,8-9,16,18-19H,4,7,10-14H2,1-3H3. The first-order valence-corrected chi connectivity index (χ1v) is 8.17. The van der Waals surface area contributed by atoms with Crippen molar-refractivity contribution in [1.29, 1.82) is 0 Å². The molecule has 1 aliphatic rings. The summed E-state index contributed by atoms with van der Waals surface area (Å²) in [6, 6.07) is 9.50. The lowest BCUT2D eigenvalue weighted by atomic mass is 9.99. The summed E-state index contributed by atoms with van der Waals surface area (Å²) in [6.07, 6.45) is 5.53. The van der Waals surface area contributed by atoms with Crippen molar-refractivity contribution in [3.05, 3.63) is 35.4 Å². The second-order valence-electron chi connectivity index (χ2n) is 6.31. The van der Waals surface area contributed by atoms with Crippen LogP contribution in [0.25, 0.3) is 0 Å². The number of nitrogens with one attached hydrogen (secondary N) is 1. The molecule has 0 aromatic heterocycles. The molecule has 2 heteroatoms. The number of aryl methyl sites for hydroxylation is 1. The van der Waals surface area contributed by atoms with Gasteiger partial charge in [0, 0.05) is 12.6 Å². The lowest BCUT2D eigenvalue weighted by molar-refractivity contribution is 0.275. The Labute approximate surface area is 124 Å². The monoisotopic (exact) mass is 274 g/mol. The summed E-state index contributed by atoms with van der Waals surface area (Å²) in [4.78, 5) is 2.48. The smallest absolute Gasteiger partial charge is 0.0233 e. The third kappa shape index (κ3) is 4.32. The van der Waals surface area contributed by atoms with Crippen molar-refractivity contribution >= 4 is 0 Å². The van der Waals surface area contributed by atoms with Crippen molar-refractivity contribution in [3.63, 3.8) is 0 Å². The van der Waals surface area contributed by atoms with E-state index in [4.69, 9.17) is 0 Å². The van der Waals surface area contributed by atoms with E-state index in [-0.39, 0.29) is 0 Å². The Balaban J connectivity index is 1.77. The molecule has 1 aliphatic carbocycles. The second kappa shape index (κ2) is 7.80. The molecule has 1 aromatic rings. The predicted octanol–water partition coefficient (Wildman–Crippen LogP) is 3.60.